The van der Waals surface area contributed by atoms with Gasteiger partial charge in [0.1, 0.15) is 5.75 Å². The van der Waals surface area contributed by atoms with Crippen LogP contribution in [0, 0.1) is 0 Å². The normalized spacial score (nSPS) is 15.7. The van der Waals surface area contributed by atoms with Gasteiger partial charge in [0.05, 0.1) is 30.1 Å². The second kappa shape index (κ2) is 7.37. The highest BCUT2D eigenvalue weighted by molar-refractivity contribution is 7.88. The number of carbonyl (C=O) groups is 1. The van der Waals surface area contributed by atoms with E-state index < -0.39 is 10.0 Å². The summed E-state index contributed by atoms with van der Waals surface area (Å²) < 4.78 is 30.3. The standard InChI is InChI=1S/C16H22N4O4S2/c1-18(26(3,22)23)11-15(21)19-6-8-20(9-7-19)16-17-13-5-4-12(24-2)10-14(13)25-16/h4-5,10H,6-9,11H2,1-3H3. The summed E-state index contributed by atoms with van der Waals surface area (Å²) in [6.45, 7) is 2.32. The zero-order valence-corrected chi connectivity index (χ0v) is 16.6. The molecule has 0 radical (unpaired) electrons. The molecule has 0 spiro atoms. The Kier molecular flexibility index (Phi) is 5.35. The molecule has 0 aliphatic carbocycles. The molecule has 2 aromatic rings. The molecular formula is C16H22N4O4S2. The molecule has 1 aliphatic rings. The number of rotatable bonds is 5. The van der Waals surface area contributed by atoms with Crippen molar-refractivity contribution in [1.82, 2.24) is 14.2 Å². The predicted octanol–water partition coefficient (Wildman–Crippen LogP) is 0.845. The number of piperazine rings is 1. The van der Waals surface area contributed by atoms with Crippen molar-refractivity contribution in [3.05, 3.63) is 18.2 Å². The molecule has 26 heavy (non-hydrogen) atoms. The molecule has 2 heterocycles. The van der Waals surface area contributed by atoms with Crippen molar-refractivity contribution in [2.75, 3.05) is 58.0 Å². The van der Waals surface area contributed by atoms with Crippen LogP contribution in [0.25, 0.3) is 10.2 Å². The number of likely N-dealkylation sites (N-methyl/N-ethyl adjacent to an activating group) is 1. The maximum atomic E-state index is 12.3. The molecule has 142 valence electrons. The Bertz CT molecular complexity index is 904. The van der Waals surface area contributed by atoms with Gasteiger partial charge in [0, 0.05) is 33.2 Å². The van der Waals surface area contributed by atoms with Crippen molar-refractivity contribution in [3.63, 3.8) is 0 Å². The quantitative estimate of drug-likeness (QED) is 0.742. The minimum Gasteiger partial charge on any atom is -0.497 e. The van der Waals surface area contributed by atoms with E-state index in [-0.39, 0.29) is 12.5 Å². The van der Waals surface area contributed by atoms with Crippen LogP contribution in [0.1, 0.15) is 0 Å². The molecule has 3 rings (SSSR count). The number of sulfonamides is 1. The third-order valence-corrected chi connectivity index (χ3v) is 6.75. The van der Waals surface area contributed by atoms with E-state index in [1.165, 1.54) is 7.05 Å². The third kappa shape index (κ3) is 4.08. The first kappa shape index (κ1) is 18.9. The molecule has 1 fully saturated rings. The Balaban J connectivity index is 1.62. The zero-order valence-electron chi connectivity index (χ0n) is 15.0. The van der Waals surface area contributed by atoms with Gasteiger partial charge in [-0.05, 0) is 18.2 Å². The molecule has 1 aromatic carbocycles. The molecule has 1 amide bonds. The average Bonchev–Trinajstić information content (AvgIpc) is 3.04. The van der Waals surface area contributed by atoms with E-state index in [9.17, 15) is 13.2 Å². The van der Waals surface area contributed by atoms with Crippen molar-refractivity contribution in [1.29, 1.82) is 0 Å². The van der Waals surface area contributed by atoms with Gasteiger partial charge in [0.15, 0.2) is 5.13 Å². The number of methoxy groups -OCH3 is 1. The Morgan fingerprint density at radius 3 is 2.62 bits per heavy atom. The molecule has 10 heteroatoms. The fraction of sp³-hybridized carbons (Fsp3) is 0.500. The van der Waals surface area contributed by atoms with Gasteiger partial charge < -0.3 is 14.5 Å². The fourth-order valence-corrected chi connectivity index (χ4v) is 4.10. The third-order valence-electron chi connectivity index (χ3n) is 4.41. The van der Waals surface area contributed by atoms with E-state index in [1.54, 1.807) is 23.3 Å². The smallest absolute Gasteiger partial charge is 0.238 e. The zero-order chi connectivity index (χ0) is 18.9. The minimum atomic E-state index is -3.35. The van der Waals surface area contributed by atoms with Crippen LogP contribution < -0.4 is 9.64 Å². The summed E-state index contributed by atoms with van der Waals surface area (Å²) in [6.07, 6.45) is 1.10. The van der Waals surface area contributed by atoms with Crippen LogP contribution in [-0.2, 0) is 14.8 Å². The predicted molar refractivity (Wildman–Crippen MR) is 102 cm³/mol. The maximum absolute atomic E-state index is 12.3. The SMILES string of the molecule is COc1ccc2nc(N3CCN(C(=O)CN(C)S(C)(=O)=O)CC3)sc2c1. The van der Waals surface area contributed by atoms with Crippen LogP contribution in [0.2, 0.25) is 0 Å². The first-order valence-corrected chi connectivity index (χ1v) is 10.8. The average molecular weight is 399 g/mol. The van der Waals surface area contributed by atoms with Crippen LogP contribution >= 0.6 is 11.3 Å². The van der Waals surface area contributed by atoms with Crippen LogP contribution in [-0.4, -0.2) is 81.7 Å². The number of carbonyl (C=O) groups excluding carboxylic acids is 1. The first-order valence-electron chi connectivity index (χ1n) is 8.16. The number of hydrogen-bond donors (Lipinski definition) is 0. The van der Waals surface area contributed by atoms with Gasteiger partial charge in [-0.25, -0.2) is 13.4 Å². The van der Waals surface area contributed by atoms with Gasteiger partial charge in [0.2, 0.25) is 15.9 Å². The summed E-state index contributed by atoms with van der Waals surface area (Å²) in [5.41, 5.74) is 0.930. The van der Waals surface area contributed by atoms with Gasteiger partial charge in [-0.1, -0.05) is 11.3 Å². The largest absolute Gasteiger partial charge is 0.497 e. The number of ether oxygens (including phenoxy) is 1. The van der Waals surface area contributed by atoms with Crippen molar-refractivity contribution in [2.45, 2.75) is 0 Å². The van der Waals surface area contributed by atoms with E-state index in [1.807, 2.05) is 18.2 Å². The Morgan fingerprint density at radius 1 is 1.31 bits per heavy atom. The molecule has 0 saturated carbocycles. The van der Waals surface area contributed by atoms with Crippen LogP contribution in [0.4, 0.5) is 5.13 Å². The van der Waals surface area contributed by atoms with E-state index in [0.717, 1.165) is 31.7 Å². The second-order valence-electron chi connectivity index (χ2n) is 6.22. The number of hydrogen-bond acceptors (Lipinski definition) is 7. The highest BCUT2D eigenvalue weighted by Gasteiger charge is 2.25. The Morgan fingerprint density at radius 2 is 2.00 bits per heavy atom. The highest BCUT2D eigenvalue weighted by atomic mass is 32.2. The van der Waals surface area contributed by atoms with E-state index in [4.69, 9.17) is 4.74 Å². The maximum Gasteiger partial charge on any atom is 0.238 e. The lowest BCUT2D eigenvalue weighted by Gasteiger charge is -2.35. The van der Waals surface area contributed by atoms with E-state index >= 15 is 0 Å². The molecule has 0 atom stereocenters. The molecule has 1 saturated heterocycles. The van der Waals surface area contributed by atoms with E-state index in [2.05, 4.69) is 9.88 Å². The van der Waals surface area contributed by atoms with Crippen molar-refractivity contribution >= 4 is 42.6 Å². The number of aromatic nitrogens is 1. The lowest BCUT2D eigenvalue weighted by atomic mass is 10.3. The van der Waals surface area contributed by atoms with Gasteiger partial charge in [-0.2, -0.15) is 4.31 Å². The van der Waals surface area contributed by atoms with Crippen LogP contribution in [0.5, 0.6) is 5.75 Å². The number of nitrogens with zero attached hydrogens (tertiary/aromatic N) is 4. The summed E-state index contributed by atoms with van der Waals surface area (Å²) in [5.74, 6) is 0.629. The van der Waals surface area contributed by atoms with E-state index in [0.29, 0.717) is 26.2 Å². The monoisotopic (exact) mass is 398 g/mol. The number of amides is 1. The van der Waals surface area contributed by atoms with Crippen LogP contribution in [0.3, 0.4) is 0 Å². The molecule has 0 N–H and O–H groups in total. The topological polar surface area (TPSA) is 83.1 Å². The summed E-state index contributed by atoms with van der Waals surface area (Å²) >= 11 is 1.60. The summed E-state index contributed by atoms with van der Waals surface area (Å²) in [7, 11) is -0.299. The summed E-state index contributed by atoms with van der Waals surface area (Å²) in [4.78, 5) is 20.8. The van der Waals surface area contributed by atoms with Crippen molar-refractivity contribution < 1.29 is 17.9 Å². The first-order chi connectivity index (χ1) is 12.3. The molecule has 1 aliphatic heterocycles. The van der Waals surface area contributed by atoms with Crippen molar-refractivity contribution in [3.8, 4) is 5.75 Å². The number of fused-ring (bicyclic) bond motifs is 1. The lowest BCUT2D eigenvalue weighted by molar-refractivity contribution is -0.131. The molecule has 8 nitrogen and oxygen atoms in total. The molecule has 1 aromatic heterocycles. The van der Waals surface area contributed by atoms with Crippen LogP contribution in [0.15, 0.2) is 18.2 Å². The van der Waals surface area contributed by atoms with Gasteiger partial charge >= 0.3 is 0 Å². The van der Waals surface area contributed by atoms with Gasteiger partial charge in [-0.3, -0.25) is 4.79 Å². The molecule has 0 bridgehead atoms. The highest BCUT2D eigenvalue weighted by Crippen LogP contribution is 2.31. The molecule has 0 unspecified atom stereocenters. The lowest BCUT2D eigenvalue weighted by Crippen LogP contribution is -2.51. The number of anilines is 1. The molecular weight excluding hydrogens is 376 g/mol. The van der Waals surface area contributed by atoms with Gasteiger partial charge in [0.25, 0.3) is 0 Å². The summed E-state index contributed by atoms with van der Waals surface area (Å²) in [5, 5.41) is 0.925. The fourth-order valence-electron chi connectivity index (χ4n) is 2.71. The summed E-state index contributed by atoms with van der Waals surface area (Å²) in [6, 6.07) is 5.80. The number of benzene rings is 1. The minimum absolute atomic E-state index is 0.125. The second-order valence-corrected chi connectivity index (χ2v) is 9.32. The Labute approximate surface area is 157 Å². The van der Waals surface area contributed by atoms with Crippen molar-refractivity contribution in [2.24, 2.45) is 0 Å². The Hall–Kier alpha value is -1.91. The van der Waals surface area contributed by atoms with Gasteiger partial charge in [-0.15, -0.1) is 0 Å². The number of thiazole rings is 1.